The van der Waals surface area contributed by atoms with Gasteiger partial charge in [-0.15, -0.1) is 0 Å². The van der Waals surface area contributed by atoms with E-state index in [2.05, 4.69) is 33.7 Å². The number of anilines is 2. The number of fused-ring (bicyclic) bond motifs is 1. The lowest BCUT2D eigenvalue weighted by atomic mass is 10.1. The van der Waals surface area contributed by atoms with Crippen LogP contribution in [0.4, 0.5) is 11.4 Å². The Morgan fingerprint density at radius 1 is 1.24 bits per heavy atom. The molecule has 25 heavy (non-hydrogen) atoms. The summed E-state index contributed by atoms with van der Waals surface area (Å²) in [6.07, 6.45) is 3.68. The molecule has 1 aromatic heterocycles. The summed E-state index contributed by atoms with van der Waals surface area (Å²) < 4.78 is 5.53. The van der Waals surface area contributed by atoms with E-state index < -0.39 is 0 Å². The highest BCUT2D eigenvalue weighted by Gasteiger charge is 2.24. The third-order valence-corrected chi connectivity index (χ3v) is 4.30. The first kappa shape index (κ1) is 15.3. The summed E-state index contributed by atoms with van der Waals surface area (Å²) >= 11 is 0. The van der Waals surface area contributed by atoms with Crippen molar-refractivity contribution in [2.24, 2.45) is 0 Å². The summed E-state index contributed by atoms with van der Waals surface area (Å²) in [5.41, 5.74) is 4.96. The van der Waals surface area contributed by atoms with Crippen LogP contribution < -0.4 is 15.0 Å². The summed E-state index contributed by atoms with van der Waals surface area (Å²) in [5, 5.41) is 10.2. The second-order valence-corrected chi connectivity index (χ2v) is 5.93. The predicted molar refractivity (Wildman–Crippen MR) is 96.7 cm³/mol. The number of H-pyrrole nitrogens is 1. The number of ether oxygens (including phenoxy) is 1. The van der Waals surface area contributed by atoms with Gasteiger partial charge in [-0.05, 0) is 29.3 Å². The zero-order chi connectivity index (χ0) is 17.2. The van der Waals surface area contributed by atoms with Crippen LogP contribution >= 0.6 is 0 Å². The molecule has 1 aliphatic heterocycles. The molecular weight excluding hydrogens is 316 g/mol. The zero-order valence-electron chi connectivity index (χ0n) is 13.8. The standard InChI is InChI=1S/C19H18N4O2/c1-23-18(24)12-25-17-7-3-6-16(19(17)23)20-9-13-4-2-5-14(8-13)15-10-21-22-11-15/h2-8,10-11,20H,9,12H2,1H3,(H,21,22). The van der Waals surface area contributed by atoms with Gasteiger partial charge in [-0.25, -0.2) is 0 Å². The lowest BCUT2D eigenvalue weighted by molar-refractivity contribution is -0.120. The van der Waals surface area contributed by atoms with Crippen molar-refractivity contribution in [3.63, 3.8) is 0 Å². The van der Waals surface area contributed by atoms with Gasteiger partial charge in [-0.2, -0.15) is 5.10 Å². The molecule has 0 bridgehead atoms. The zero-order valence-corrected chi connectivity index (χ0v) is 13.8. The molecule has 6 heteroatoms. The van der Waals surface area contributed by atoms with Crippen LogP contribution in [0.3, 0.4) is 0 Å². The monoisotopic (exact) mass is 334 g/mol. The number of likely N-dealkylation sites (N-methyl/N-ethyl adjacent to an activating group) is 1. The topological polar surface area (TPSA) is 70.2 Å². The Labute approximate surface area is 145 Å². The van der Waals surface area contributed by atoms with Crippen molar-refractivity contribution in [2.45, 2.75) is 6.54 Å². The quantitative estimate of drug-likeness (QED) is 0.769. The van der Waals surface area contributed by atoms with Gasteiger partial charge in [0.2, 0.25) is 0 Å². The second-order valence-electron chi connectivity index (χ2n) is 5.93. The molecule has 0 aliphatic carbocycles. The van der Waals surface area contributed by atoms with Gasteiger partial charge < -0.3 is 15.0 Å². The van der Waals surface area contributed by atoms with Gasteiger partial charge in [0.1, 0.15) is 11.4 Å². The van der Waals surface area contributed by atoms with Crippen LogP contribution in [0.15, 0.2) is 54.9 Å². The number of aromatic amines is 1. The Bertz CT molecular complexity index is 906. The smallest absolute Gasteiger partial charge is 0.264 e. The molecule has 2 N–H and O–H groups in total. The van der Waals surface area contributed by atoms with Gasteiger partial charge in [-0.1, -0.05) is 24.3 Å². The molecule has 2 heterocycles. The predicted octanol–water partition coefficient (Wildman–Crippen LogP) is 3.04. The molecule has 0 spiro atoms. The van der Waals surface area contributed by atoms with Gasteiger partial charge in [0.05, 0.1) is 11.9 Å². The van der Waals surface area contributed by atoms with Crippen molar-refractivity contribution in [1.29, 1.82) is 0 Å². The van der Waals surface area contributed by atoms with Crippen molar-refractivity contribution >= 4 is 17.3 Å². The lowest BCUT2D eigenvalue weighted by Gasteiger charge is -2.28. The van der Waals surface area contributed by atoms with E-state index in [0.717, 1.165) is 33.8 Å². The van der Waals surface area contributed by atoms with Crippen molar-refractivity contribution in [3.05, 3.63) is 60.4 Å². The SMILES string of the molecule is CN1C(=O)COc2cccc(NCc3cccc(-c4cn[nH]c4)c3)c21. The molecule has 126 valence electrons. The molecule has 0 unspecified atom stereocenters. The Balaban J connectivity index is 1.57. The minimum atomic E-state index is -0.0521. The van der Waals surface area contributed by atoms with Crippen molar-refractivity contribution < 1.29 is 9.53 Å². The molecule has 6 nitrogen and oxygen atoms in total. The largest absolute Gasteiger partial charge is 0.481 e. The number of para-hydroxylation sites is 1. The Morgan fingerprint density at radius 2 is 2.12 bits per heavy atom. The molecule has 0 atom stereocenters. The molecule has 0 fully saturated rings. The van der Waals surface area contributed by atoms with Crippen molar-refractivity contribution in [2.75, 3.05) is 23.9 Å². The third kappa shape index (κ3) is 2.94. The number of aromatic nitrogens is 2. The number of benzene rings is 2. The lowest BCUT2D eigenvalue weighted by Crippen LogP contribution is -2.36. The molecule has 1 amide bonds. The summed E-state index contributed by atoms with van der Waals surface area (Å²) in [4.78, 5) is 13.6. The van der Waals surface area contributed by atoms with E-state index in [1.54, 1.807) is 18.1 Å². The highest BCUT2D eigenvalue weighted by atomic mass is 16.5. The van der Waals surface area contributed by atoms with E-state index in [0.29, 0.717) is 6.54 Å². The Morgan fingerprint density at radius 3 is 2.96 bits per heavy atom. The van der Waals surface area contributed by atoms with Gasteiger partial charge in [0.15, 0.2) is 6.61 Å². The van der Waals surface area contributed by atoms with E-state index in [-0.39, 0.29) is 12.5 Å². The van der Waals surface area contributed by atoms with Gasteiger partial charge in [0, 0.05) is 25.4 Å². The van der Waals surface area contributed by atoms with E-state index in [1.165, 1.54) is 0 Å². The van der Waals surface area contributed by atoms with Crippen LogP contribution in [0.1, 0.15) is 5.56 Å². The van der Waals surface area contributed by atoms with Crippen LogP contribution in [0, 0.1) is 0 Å². The van der Waals surface area contributed by atoms with E-state index in [4.69, 9.17) is 4.74 Å². The maximum atomic E-state index is 11.9. The second kappa shape index (κ2) is 6.32. The Kier molecular flexibility index (Phi) is 3.85. The number of nitrogens with zero attached hydrogens (tertiary/aromatic N) is 2. The average Bonchev–Trinajstić information content (AvgIpc) is 3.18. The number of carbonyl (C=O) groups is 1. The maximum absolute atomic E-state index is 11.9. The fourth-order valence-electron chi connectivity index (χ4n) is 2.96. The first-order valence-electron chi connectivity index (χ1n) is 8.07. The fraction of sp³-hybridized carbons (Fsp3) is 0.158. The first-order valence-corrected chi connectivity index (χ1v) is 8.07. The number of rotatable bonds is 4. The van der Waals surface area contributed by atoms with Crippen molar-refractivity contribution in [3.8, 4) is 16.9 Å². The molecule has 0 saturated carbocycles. The Hall–Kier alpha value is -3.28. The maximum Gasteiger partial charge on any atom is 0.264 e. The van der Waals surface area contributed by atoms with Crippen LogP contribution in [-0.2, 0) is 11.3 Å². The number of carbonyl (C=O) groups excluding carboxylic acids is 1. The molecule has 3 aromatic rings. The normalized spacial score (nSPS) is 13.3. The van der Waals surface area contributed by atoms with Crippen LogP contribution in [0.2, 0.25) is 0 Å². The minimum Gasteiger partial charge on any atom is -0.481 e. The van der Waals surface area contributed by atoms with Gasteiger partial charge in [0.25, 0.3) is 5.91 Å². The number of amides is 1. The average molecular weight is 334 g/mol. The van der Waals surface area contributed by atoms with E-state index in [1.807, 2.05) is 30.5 Å². The van der Waals surface area contributed by atoms with E-state index >= 15 is 0 Å². The van der Waals surface area contributed by atoms with Crippen LogP contribution in [0.5, 0.6) is 5.75 Å². The highest BCUT2D eigenvalue weighted by Crippen LogP contribution is 2.38. The molecule has 0 saturated heterocycles. The minimum absolute atomic E-state index is 0.0521. The van der Waals surface area contributed by atoms with Crippen molar-refractivity contribution in [1.82, 2.24) is 10.2 Å². The van der Waals surface area contributed by atoms with E-state index in [9.17, 15) is 4.79 Å². The molecule has 0 radical (unpaired) electrons. The van der Waals surface area contributed by atoms with Gasteiger partial charge >= 0.3 is 0 Å². The number of nitrogens with one attached hydrogen (secondary N) is 2. The number of hydrogen-bond donors (Lipinski definition) is 2. The number of hydrogen-bond acceptors (Lipinski definition) is 4. The van der Waals surface area contributed by atoms with Crippen LogP contribution in [-0.4, -0.2) is 29.8 Å². The summed E-state index contributed by atoms with van der Waals surface area (Å²) in [6.45, 7) is 0.726. The van der Waals surface area contributed by atoms with Crippen LogP contribution in [0.25, 0.3) is 11.1 Å². The summed E-state index contributed by atoms with van der Waals surface area (Å²) in [6, 6.07) is 14.0. The first-order chi connectivity index (χ1) is 12.2. The molecule has 1 aliphatic rings. The fourth-order valence-corrected chi connectivity index (χ4v) is 2.96. The molecule has 4 rings (SSSR count). The van der Waals surface area contributed by atoms with Gasteiger partial charge in [-0.3, -0.25) is 9.89 Å². The summed E-state index contributed by atoms with van der Waals surface area (Å²) in [5.74, 6) is 0.669. The highest BCUT2D eigenvalue weighted by molar-refractivity contribution is 6.01. The molecular formula is C19H18N4O2. The summed E-state index contributed by atoms with van der Waals surface area (Å²) in [7, 11) is 1.77. The molecule has 2 aromatic carbocycles. The third-order valence-electron chi connectivity index (χ3n) is 4.30.